The predicted molar refractivity (Wildman–Crippen MR) is 185 cm³/mol. The number of fused-ring (bicyclic) bond motifs is 4. The van der Waals surface area contributed by atoms with Crippen molar-refractivity contribution in [3.05, 3.63) is 96.2 Å². The minimum atomic E-state index is -4.38. The van der Waals surface area contributed by atoms with Crippen LogP contribution in [0.4, 0.5) is 5.69 Å². The molecule has 0 radical (unpaired) electrons. The van der Waals surface area contributed by atoms with E-state index in [1.165, 1.54) is 0 Å². The number of allylic oxidation sites excluding steroid dienone is 2. The molecular weight excluding hydrogens is 655 g/mol. The summed E-state index contributed by atoms with van der Waals surface area (Å²) in [6, 6.07) is 23.8. The van der Waals surface area contributed by atoms with Crippen molar-refractivity contribution in [2.75, 3.05) is 29.5 Å². The van der Waals surface area contributed by atoms with Crippen LogP contribution >= 0.6 is 0 Å². The first kappa shape index (κ1) is 33.6. The molecule has 4 aromatic carbocycles. The van der Waals surface area contributed by atoms with Gasteiger partial charge in [-0.05, 0) is 58.2 Å². The zero-order chi connectivity index (χ0) is 33.9. The van der Waals surface area contributed by atoms with E-state index in [9.17, 15) is 21.4 Å². The fourth-order valence-corrected chi connectivity index (χ4v) is 7.15. The zero-order valence-electron chi connectivity index (χ0n) is 26.7. The van der Waals surface area contributed by atoms with Crippen LogP contribution in [0.3, 0.4) is 0 Å². The van der Waals surface area contributed by atoms with Crippen LogP contribution in [-0.4, -0.2) is 46.0 Å². The van der Waals surface area contributed by atoms with E-state index in [-0.39, 0.29) is 25.1 Å². The van der Waals surface area contributed by atoms with Crippen molar-refractivity contribution in [3.63, 3.8) is 0 Å². The van der Waals surface area contributed by atoms with Gasteiger partial charge in [-0.3, -0.25) is 0 Å². The number of benzene rings is 4. The minimum Gasteiger partial charge on any atom is -0.748 e. The lowest BCUT2D eigenvalue weighted by Gasteiger charge is -2.19. The molecule has 0 saturated carbocycles. The van der Waals surface area contributed by atoms with Gasteiger partial charge in [0.25, 0.3) is 15.6 Å². The number of hydrogen-bond donors (Lipinski definition) is 1. The average molecular weight is 692 g/mol. The molecule has 1 aliphatic heterocycles. The molecule has 13 heteroatoms. The molecule has 0 aliphatic carbocycles. The van der Waals surface area contributed by atoms with Crippen LogP contribution in [-0.2, 0) is 31.1 Å². The van der Waals surface area contributed by atoms with Crippen molar-refractivity contribution in [1.82, 2.24) is 5.48 Å². The van der Waals surface area contributed by atoms with Crippen molar-refractivity contribution < 1.29 is 39.4 Å². The number of oxazole rings is 1. The van der Waals surface area contributed by atoms with Gasteiger partial charge in [0.1, 0.15) is 0 Å². The Morgan fingerprint density at radius 2 is 1.58 bits per heavy atom. The summed E-state index contributed by atoms with van der Waals surface area (Å²) in [6.45, 7) is 4.72. The van der Waals surface area contributed by atoms with Gasteiger partial charge in [0.05, 0.1) is 27.6 Å². The maximum Gasteiger partial charge on any atom is 0.374 e. The maximum atomic E-state index is 12.4. The average Bonchev–Trinajstić information content (AvgIpc) is 3.56. The second-order valence-corrected chi connectivity index (χ2v) is 14.8. The highest BCUT2D eigenvalue weighted by molar-refractivity contribution is 7.86. The number of hydrogen-bond acceptors (Lipinski definition) is 10. The molecular formula is C35H37N3O8S2. The van der Waals surface area contributed by atoms with Crippen LogP contribution in [0, 0.1) is 0 Å². The van der Waals surface area contributed by atoms with Crippen molar-refractivity contribution in [3.8, 4) is 5.75 Å². The van der Waals surface area contributed by atoms with E-state index in [2.05, 4.69) is 5.48 Å². The van der Waals surface area contributed by atoms with Crippen molar-refractivity contribution in [1.29, 1.82) is 0 Å². The molecule has 0 bridgehead atoms. The topological polar surface area (TPSA) is 142 Å². The van der Waals surface area contributed by atoms with E-state index < -0.39 is 26.0 Å². The Kier molecular flexibility index (Phi) is 9.85. The van der Waals surface area contributed by atoms with Gasteiger partial charge >= 0.3 is 5.89 Å². The summed E-state index contributed by atoms with van der Waals surface area (Å²) in [7, 11) is -8.14. The second-order valence-electron chi connectivity index (χ2n) is 11.5. The van der Waals surface area contributed by atoms with E-state index >= 15 is 0 Å². The van der Waals surface area contributed by atoms with E-state index in [0.717, 1.165) is 38.3 Å². The van der Waals surface area contributed by atoms with Gasteiger partial charge in [-0.2, -0.15) is 22.7 Å². The van der Waals surface area contributed by atoms with Gasteiger partial charge in [-0.15, -0.1) is 0 Å². The van der Waals surface area contributed by atoms with Gasteiger partial charge in [-0.1, -0.05) is 62.4 Å². The third kappa shape index (κ3) is 7.71. The Hall–Kier alpha value is -4.27. The normalized spacial score (nSPS) is 14.8. The van der Waals surface area contributed by atoms with Gasteiger partial charge in [0, 0.05) is 37.4 Å². The molecule has 0 atom stereocenters. The fraction of sp³-hybridized carbons (Fsp3) is 0.286. The Balaban J connectivity index is 1.38. The molecule has 2 heterocycles. The lowest BCUT2D eigenvalue weighted by Crippen LogP contribution is -2.36. The molecule has 0 spiro atoms. The second kappa shape index (κ2) is 14.1. The smallest absolute Gasteiger partial charge is 0.374 e. The van der Waals surface area contributed by atoms with Crippen LogP contribution in [0.2, 0.25) is 0 Å². The number of anilines is 1. The molecule has 0 unspecified atom stereocenters. The molecule has 0 saturated heterocycles. The Labute approximate surface area is 279 Å². The highest BCUT2D eigenvalue weighted by Crippen LogP contribution is 2.42. The van der Waals surface area contributed by atoms with E-state index in [1.54, 1.807) is 6.92 Å². The van der Waals surface area contributed by atoms with Gasteiger partial charge in [0.15, 0.2) is 12.3 Å². The highest BCUT2D eigenvalue weighted by atomic mass is 32.2. The minimum absolute atomic E-state index is 0.126. The van der Waals surface area contributed by atoms with Crippen LogP contribution in [0.25, 0.3) is 38.7 Å². The largest absolute Gasteiger partial charge is 0.748 e. The summed E-state index contributed by atoms with van der Waals surface area (Å²) in [4.78, 5) is 1.96. The van der Waals surface area contributed by atoms with Crippen LogP contribution in [0.5, 0.6) is 5.75 Å². The third-order valence-corrected chi connectivity index (χ3v) is 10.1. The lowest BCUT2D eigenvalue weighted by molar-refractivity contribution is -0.677. The Morgan fingerprint density at radius 3 is 2.25 bits per heavy atom. The summed E-state index contributed by atoms with van der Waals surface area (Å²) in [6.07, 6.45) is 4.80. The number of aryl methyl sites for hydroxylation is 1. The Bertz CT molecular complexity index is 2260. The molecule has 0 fully saturated rings. The van der Waals surface area contributed by atoms with E-state index in [1.807, 2.05) is 101 Å². The molecule has 11 nitrogen and oxygen atoms in total. The van der Waals surface area contributed by atoms with Crippen molar-refractivity contribution in [2.24, 2.45) is 0 Å². The number of nitrogens with zero attached hydrogens (tertiary/aromatic N) is 2. The SMILES string of the molecule is CCNOS(=O)(=O)CCCN1/C(=C\C(=C/c2oc3cc4ccccc4cc3[n+]2CCCS(=O)(=O)[O-])CC)Oc2cc3ccccc3cc21. The van der Waals surface area contributed by atoms with Crippen LogP contribution in [0.1, 0.15) is 39.0 Å². The van der Waals surface area contributed by atoms with Crippen LogP contribution in [0.15, 0.2) is 94.7 Å². The molecule has 48 heavy (non-hydrogen) atoms. The first-order chi connectivity index (χ1) is 23.0. The summed E-state index contributed by atoms with van der Waals surface area (Å²) in [5.41, 5.74) is 5.50. The molecule has 1 aliphatic rings. The standard InChI is InChI=1S/C35H37N3O8S2/c1-3-25(19-34-37(15-9-17-47(39,40)41)30-21-26-11-5-7-13-28(26)23-32(30)44-34)20-35-38(16-10-18-48(42,43)46-36-4-2)31-22-27-12-6-8-14-29(27)24-33(31)45-35/h5-8,11-14,19-24,36H,3-4,9-10,15-18H2,1-2H3. The third-order valence-electron chi connectivity index (χ3n) is 8.11. The van der Waals surface area contributed by atoms with Gasteiger partial charge in [0.2, 0.25) is 11.5 Å². The van der Waals surface area contributed by atoms with Gasteiger partial charge < -0.3 is 18.6 Å². The first-order valence-electron chi connectivity index (χ1n) is 15.9. The zero-order valence-corrected chi connectivity index (χ0v) is 28.3. The number of hydroxylamine groups is 1. The monoisotopic (exact) mass is 691 g/mol. The summed E-state index contributed by atoms with van der Waals surface area (Å²) >= 11 is 0. The summed E-state index contributed by atoms with van der Waals surface area (Å²) in [5.74, 6) is 1.02. The quantitative estimate of drug-likeness (QED) is 0.0868. The maximum absolute atomic E-state index is 12.4. The van der Waals surface area contributed by atoms with E-state index in [4.69, 9.17) is 13.4 Å². The van der Waals surface area contributed by atoms with Crippen LogP contribution < -0.4 is 19.7 Å². The first-order valence-corrected chi connectivity index (χ1v) is 19.0. The van der Waals surface area contributed by atoms with E-state index in [0.29, 0.717) is 42.6 Å². The number of rotatable bonds is 14. The molecule has 252 valence electrons. The van der Waals surface area contributed by atoms with Crippen molar-refractivity contribution in [2.45, 2.75) is 39.7 Å². The lowest BCUT2D eigenvalue weighted by atomic mass is 10.1. The van der Waals surface area contributed by atoms with Gasteiger partial charge in [-0.25, -0.2) is 8.42 Å². The fourth-order valence-electron chi connectivity index (χ4n) is 5.80. The molecule has 6 rings (SSSR count). The number of ether oxygens (including phenoxy) is 1. The highest BCUT2D eigenvalue weighted by Gasteiger charge is 2.28. The molecule has 0 amide bonds. The molecule has 1 N–H and O–H groups in total. The summed E-state index contributed by atoms with van der Waals surface area (Å²) < 4.78 is 78.5. The summed E-state index contributed by atoms with van der Waals surface area (Å²) in [5, 5.41) is 4.04. The number of aromatic nitrogens is 1. The molecule has 5 aromatic rings. The van der Waals surface area contributed by atoms with Crippen molar-refractivity contribution >= 4 is 64.6 Å². The number of nitrogens with one attached hydrogen (secondary N) is 1. The Morgan fingerprint density at radius 1 is 0.917 bits per heavy atom. The predicted octanol–water partition coefficient (Wildman–Crippen LogP) is 5.76. The molecule has 1 aromatic heterocycles.